The molecule has 1 aromatic rings. The van der Waals surface area contributed by atoms with Gasteiger partial charge in [-0.25, -0.2) is 8.42 Å². The molecule has 2 aliphatic rings. The summed E-state index contributed by atoms with van der Waals surface area (Å²) in [6.07, 6.45) is 2.03. The average molecular weight is 415 g/mol. The van der Waals surface area contributed by atoms with Crippen molar-refractivity contribution in [3.63, 3.8) is 0 Å². The highest BCUT2D eigenvalue weighted by Crippen LogP contribution is 2.33. The van der Waals surface area contributed by atoms with Crippen LogP contribution in [0.4, 0.5) is 4.79 Å². The van der Waals surface area contributed by atoms with Crippen LogP contribution in [0.2, 0.25) is 0 Å². The molecule has 7 nitrogen and oxygen atoms in total. The van der Waals surface area contributed by atoms with Gasteiger partial charge in [-0.2, -0.15) is 0 Å². The molecule has 0 N–H and O–H groups in total. The predicted octanol–water partition coefficient (Wildman–Crippen LogP) is 1.82. The van der Waals surface area contributed by atoms with E-state index in [9.17, 15) is 22.8 Å². The zero-order chi connectivity index (χ0) is 18.9. The van der Waals surface area contributed by atoms with Crippen molar-refractivity contribution in [1.29, 1.82) is 0 Å². The molecule has 0 bridgehead atoms. The topological polar surface area (TPSA) is 91.8 Å². The van der Waals surface area contributed by atoms with Gasteiger partial charge in [-0.1, -0.05) is 6.07 Å². The quantitative estimate of drug-likeness (QED) is 0.683. The molecule has 3 heterocycles. The predicted molar refractivity (Wildman–Crippen MR) is 101 cm³/mol. The van der Waals surface area contributed by atoms with E-state index in [0.717, 1.165) is 21.5 Å². The highest BCUT2D eigenvalue weighted by atomic mass is 32.2. The number of thioether (sulfide) groups is 1. The minimum absolute atomic E-state index is 0.0621. The van der Waals surface area contributed by atoms with Gasteiger partial charge >= 0.3 is 0 Å². The molecule has 3 rings (SSSR count). The standard InChI is InChI=1S/C16H18N2O5S3/c1-2-17(11-5-7-26(22,23)10-11)14(19)9-18-15(20)13(25-16(18)21)8-12-4-3-6-24-12/h3-4,6,8,11H,2,5,7,9-10H2,1H3/b13-8+. The summed E-state index contributed by atoms with van der Waals surface area (Å²) in [4.78, 5) is 40.8. The second-order valence-corrected chi connectivity index (χ2v) is 10.2. The molecule has 2 fully saturated rings. The Morgan fingerprint density at radius 3 is 2.77 bits per heavy atom. The first-order chi connectivity index (χ1) is 12.3. The van der Waals surface area contributed by atoms with Crippen LogP contribution in [0.15, 0.2) is 22.4 Å². The van der Waals surface area contributed by atoms with Crippen molar-refractivity contribution in [3.8, 4) is 0 Å². The molecular formula is C16H18N2O5S3. The molecule has 140 valence electrons. The monoisotopic (exact) mass is 414 g/mol. The molecule has 0 aliphatic carbocycles. The highest BCUT2D eigenvalue weighted by molar-refractivity contribution is 8.18. The minimum Gasteiger partial charge on any atom is -0.337 e. The molecular weight excluding hydrogens is 396 g/mol. The number of sulfone groups is 1. The molecule has 0 spiro atoms. The Hall–Kier alpha value is -1.65. The van der Waals surface area contributed by atoms with E-state index < -0.39 is 26.9 Å². The van der Waals surface area contributed by atoms with E-state index >= 15 is 0 Å². The molecule has 1 atom stereocenters. The smallest absolute Gasteiger partial charge is 0.294 e. The maximum absolute atomic E-state index is 12.6. The zero-order valence-electron chi connectivity index (χ0n) is 14.1. The van der Waals surface area contributed by atoms with Gasteiger partial charge in [0.15, 0.2) is 9.84 Å². The van der Waals surface area contributed by atoms with Gasteiger partial charge in [-0.05, 0) is 42.6 Å². The summed E-state index contributed by atoms with van der Waals surface area (Å²) in [5.74, 6) is -0.898. The van der Waals surface area contributed by atoms with E-state index in [2.05, 4.69) is 0 Å². The number of rotatable bonds is 5. The van der Waals surface area contributed by atoms with Gasteiger partial charge < -0.3 is 4.90 Å². The summed E-state index contributed by atoms with van der Waals surface area (Å²) in [5.41, 5.74) is 0. The van der Waals surface area contributed by atoms with E-state index in [0.29, 0.717) is 13.0 Å². The largest absolute Gasteiger partial charge is 0.337 e. The lowest BCUT2D eigenvalue weighted by Gasteiger charge is -2.28. The first-order valence-corrected chi connectivity index (χ1v) is 11.6. The van der Waals surface area contributed by atoms with Crippen LogP contribution >= 0.6 is 23.1 Å². The van der Waals surface area contributed by atoms with Crippen LogP contribution in [0.1, 0.15) is 18.2 Å². The van der Waals surface area contributed by atoms with Gasteiger partial charge in [0.1, 0.15) is 6.54 Å². The van der Waals surface area contributed by atoms with Crippen LogP contribution < -0.4 is 0 Å². The van der Waals surface area contributed by atoms with Gasteiger partial charge in [0.05, 0.1) is 16.4 Å². The number of hydrogen-bond donors (Lipinski definition) is 0. The van der Waals surface area contributed by atoms with Gasteiger partial charge in [-0.3, -0.25) is 19.3 Å². The fraction of sp³-hybridized carbons (Fsp3) is 0.438. The number of carbonyl (C=O) groups is 3. The van der Waals surface area contributed by atoms with Crippen LogP contribution in [-0.2, 0) is 19.4 Å². The Bertz CT molecular complexity index is 860. The van der Waals surface area contributed by atoms with Gasteiger partial charge in [-0.15, -0.1) is 11.3 Å². The Labute approximate surface area is 160 Å². The minimum atomic E-state index is -3.12. The van der Waals surface area contributed by atoms with Crippen LogP contribution in [0.5, 0.6) is 0 Å². The van der Waals surface area contributed by atoms with Crippen molar-refractivity contribution in [2.24, 2.45) is 0 Å². The average Bonchev–Trinajstić information content (AvgIpc) is 3.26. The third kappa shape index (κ3) is 4.02. The number of nitrogens with zero attached hydrogens (tertiary/aromatic N) is 2. The Morgan fingerprint density at radius 1 is 1.42 bits per heavy atom. The van der Waals surface area contributed by atoms with E-state index in [1.54, 1.807) is 13.0 Å². The summed E-state index contributed by atoms with van der Waals surface area (Å²) >= 11 is 2.26. The Balaban J connectivity index is 1.70. The SMILES string of the molecule is CCN(C(=O)CN1C(=O)S/C(=C/c2cccs2)C1=O)C1CCS(=O)(=O)C1. The van der Waals surface area contributed by atoms with Crippen LogP contribution in [0.3, 0.4) is 0 Å². The lowest BCUT2D eigenvalue weighted by Crippen LogP contribution is -2.47. The van der Waals surface area contributed by atoms with Crippen LogP contribution in [-0.4, -0.2) is 65.9 Å². The third-order valence-electron chi connectivity index (χ3n) is 4.29. The highest BCUT2D eigenvalue weighted by Gasteiger charge is 2.39. The first-order valence-electron chi connectivity index (χ1n) is 8.09. The van der Waals surface area contributed by atoms with Gasteiger partial charge in [0.25, 0.3) is 11.1 Å². The fourth-order valence-electron chi connectivity index (χ4n) is 3.02. The maximum Gasteiger partial charge on any atom is 0.294 e. The number of amides is 3. The lowest BCUT2D eigenvalue weighted by molar-refractivity contribution is -0.137. The molecule has 2 saturated heterocycles. The summed E-state index contributed by atoms with van der Waals surface area (Å²) in [6.45, 7) is 1.73. The van der Waals surface area contributed by atoms with E-state index in [-0.39, 0.29) is 29.0 Å². The van der Waals surface area contributed by atoms with Crippen molar-refractivity contribution >= 4 is 56.1 Å². The lowest BCUT2D eigenvalue weighted by atomic mass is 10.2. The van der Waals surface area contributed by atoms with Crippen LogP contribution in [0, 0.1) is 0 Å². The van der Waals surface area contributed by atoms with Crippen molar-refractivity contribution in [1.82, 2.24) is 9.80 Å². The molecule has 3 amide bonds. The Kier molecular flexibility index (Phi) is 5.54. The van der Waals surface area contributed by atoms with Crippen molar-refractivity contribution in [3.05, 3.63) is 27.3 Å². The van der Waals surface area contributed by atoms with Crippen molar-refractivity contribution in [2.75, 3.05) is 24.6 Å². The molecule has 10 heteroatoms. The van der Waals surface area contributed by atoms with Gasteiger partial charge in [0, 0.05) is 17.5 Å². The van der Waals surface area contributed by atoms with E-state index in [1.165, 1.54) is 16.2 Å². The summed E-state index contributed by atoms with van der Waals surface area (Å²) in [7, 11) is -3.12. The van der Waals surface area contributed by atoms with E-state index in [1.807, 2.05) is 17.5 Å². The van der Waals surface area contributed by atoms with Gasteiger partial charge in [0.2, 0.25) is 5.91 Å². The molecule has 0 radical (unpaired) electrons. The van der Waals surface area contributed by atoms with Crippen molar-refractivity contribution < 1.29 is 22.8 Å². The Morgan fingerprint density at radius 2 is 2.19 bits per heavy atom. The number of imide groups is 1. The second-order valence-electron chi connectivity index (χ2n) is 6.02. The molecule has 1 unspecified atom stereocenters. The molecule has 1 aromatic heterocycles. The normalized spacial score (nSPS) is 23.8. The second kappa shape index (κ2) is 7.53. The van der Waals surface area contributed by atoms with Crippen molar-refractivity contribution in [2.45, 2.75) is 19.4 Å². The third-order valence-corrected chi connectivity index (χ3v) is 7.77. The zero-order valence-corrected chi connectivity index (χ0v) is 16.5. The first kappa shape index (κ1) is 19.1. The molecule has 0 aromatic carbocycles. The number of carbonyl (C=O) groups excluding carboxylic acids is 3. The molecule has 0 saturated carbocycles. The summed E-state index contributed by atoms with van der Waals surface area (Å²) < 4.78 is 23.3. The summed E-state index contributed by atoms with van der Waals surface area (Å²) in [5, 5.41) is 1.38. The number of likely N-dealkylation sites (N-methyl/N-ethyl adjacent to an activating group) is 1. The number of hydrogen-bond acceptors (Lipinski definition) is 7. The summed E-state index contributed by atoms with van der Waals surface area (Å²) in [6, 6.07) is 3.29. The maximum atomic E-state index is 12.6. The molecule has 26 heavy (non-hydrogen) atoms. The fourth-order valence-corrected chi connectivity index (χ4v) is 6.32. The number of thiophene rings is 1. The van der Waals surface area contributed by atoms with E-state index in [4.69, 9.17) is 0 Å². The molecule has 2 aliphatic heterocycles. The van der Waals surface area contributed by atoms with Crippen LogP contribution in [0.25, 0.3) is 6.08 Å².